The third kappa shape index (κ3) is 1.82. The molecule has 0 fully saturated rings. The van der Waals surface area contributed by atoms with Gasteiger partial charge in [0.2, 0.25) is 0 Å². The number of ether oxygens (including phenoxy) is 1. The molecular formula is C11H16N2O. The molecule has 1 N–H and O–H groups in total. The Morgan fingerprint density at radius 2 is 2.29 bits per heavy atom. The van der Waals surface area contributed by atoms with Crippen LogP contribution < -0.4 is 10.1 Å². The Morgan fingerprint density at radius 3 is 3.07 bits per heavy atom. The molecular weight excluding hydrogens is 176 g/mol. The molecule has 1 aromatic rings. The van der Waals surface area contributed by atoms with Crippen LogP contribution in [0.1, 0.15) is 5.56 Å². The molecule has 3 nitrogen and oxygen atoms in total. The Balaban J connectivity index is 2.30. The summed E-state index contributed by atoms with van der Waals surface area (Å²) in [5.74, 6) is 1.02. The van der Waals surface area contributed by atoms with Crippen LogP contribution in [0, 0.1) is 0 Å². The number of nitrogens with one attached hydrogen (secondary N) is 1. The third-order valence-electron chi connectivity index (χ3n) is 2.25. The largest absolute Gasteiger partial charge is 0.489 e. The lowest BCUT2D eigenvalue weighted by atomic mass is 10.1. The van der Waals surface area contributed by atoms with E-state index in [9.17, 15) is 0 Å². The van der Waals surface area contributed by atoms with E-state index in [1.165, 1.54) is 5.56 Å². The minimum Gasteiger partial charge on any atom is -0.489 e. The summed E-state index contributed by atoms with van der Waals surface area (Å²) in [5, 5.41) is 3.33. The number of anilines is 1. The van der Waals surface area contributed by atoms with Gasteiger partial charge in [-0.2, -0.15) is 0 Å². The van der Waals surface area contributed by atoms with Crippen molar-refractivity contribution in [2.75, 3.05) is 32.6 Å². The van der Waals surface area contributed by atoms with E-state index in [0.29, 0.717) is 0 Å². The fourth-order valence-corrected chi connectivity index (χ4v) is 1.70. The van der Waals surface area contributed by atoms with Crippen LogP contribution in [0.5, 0.6) is 5.75 Å². The van der Waals surface area contributed by atoms with Crippen molar-refractivity contribution in [3.05, 3.63) is 23.8 Å². The first-order chi connectivity index (χ1) is 6.77. The van der Waals surface area contributed by atoms with Crippen LogP contribution in [0.2, 0.25) is 0 Å². The molecule has 1 aliphatic rings. The molecule has 0 spiro atoms. The van der Waals surface area contributed by atoms with Crippen molar-refractivity contribution in [3.63, 3.8) is 0 Å². The number of hydrogen-bond acceptors (Lipinski definition) is 3. The average Bonchev–Trinajstić information content (AvgIpc) is 2.18. The zero-order valence-electron chi connectivity index (χ0n) is 8.71. The first-order valence-electron chi connectivity index (χ1n) is 4.90. The molecule has 0 radical (unpaired) electrons. The SMILES string of the molecule is CN(C)Cc1cccc2c1OCCN2. The van der Waals surface area contributed by atoms with Crippen LogP contribution in [-0.2, 0) is 6.54 Å². The van der Waals surface area contributed by atoms with Crippen LogP contribution >= 0.6 is 0 Å². The summed E-state index contributed by atoms with van der Waals surface area (Å²) in [6.45, 7) is 2.58. The molecule has 0 aliphatic carbocycles. The number of hydrogen-bond donors (Lipinski definition) is 1. The summed E-state index contributed by atoms with van der Waals surface area (Å²) in [6, 6.07) is 6.25. The van der Waals surface area contributed by atoms with Crippen molar-refractivity contribution in [3.8, 4) is 5.75 Å². The van der Waals surface area contributed by atoms with E-state index in [1.807, 2.05) is 0 Å². The second-order valence-corrected chi connectivity index (χ2v) is 3.81. The van der Waals surface area contributed by atoms with Gasteiger partial charge in [0.15, 0.2) is 0 Å². The van der Waals surface area contributed by atoms with Crippen LogP contribution in [-0.4, -0.2) is 32.1 Å². The van der Waals surface area contributed by atoms with E-state index < -0.39 is 0 Å². The first kappa shape index (κ1) is 9.34. The molecule has 0 aromatic heterocycles. The second-order valence-electron chi connectivity index (χ2n) is 3.81. The van der Waals surface area contributed by atoms with Crippen LogP contribution in [0.25, 0.3) is 0 Å². The molecule has 3 heteroatoms. The monoisotopic (exact) mass is 192 g/mol. The van der Waals surface area contributed by atoms with E-state index >= 15 is 0 Å². The smallest absolute Gasteiger partial charge is 0.146 e. The van der Waals surface area contributed by atoms with Gasteiger partial charge in [0.05, 0.1) is 5.69 Å². The van der Waals surface area contributed by atoms with Gasteiger partial charge in [0.25, 0.3) is 0 Å². The summed E-state index contributed by atoms with van der Waals surface area (Å²) in [6.07, 6.45) is 0. The van der Waals surface area contributed by atoms with Crippen molar-refractivity contribution in [2.45, 2.75) is 6.54 Å². The van der Waals surface area contributed by atoms with Gasteiger partial charge in [-0.05, 0) is 20.2 Å². The van der Waals surface area contributed by atoms with Crippen LogP contribution in [0.3, 0.4) is 0 Å². The van der Waals surface area contributed by atoms with E-state index in [2.05, 4.69) is 42.5 Å². The molecule has 2 rings (SSSR count). The predicted octanol–water partition coefficient (Wildman–Crippen LogP) is 1.55. The van der Waals surface area contributed by atoms with Crippen molar-refractivity contribution in [1.29, 1.82) is 0 Å². The zero-order valence-corrected chi connectivity index (χ0v) is 8.71. The quantitative estimate of drug-likeness (QED) is 0.769. The normalized spacial score (nSPS) is 14.5. The minimum absolute atomic E-state index is 0.761. The fraction of sp³-hybridized carbons (Fsp3) is 0.455. The van der Waals surface area contributed by atoms with Crippen molar-refractivity contribution < 1.29 is 4.74 Å². The van der Waals surface area contributed by atoms with E-state index in [4.69, 9.17) is 4.74 Å². The topological polar surface area (TPSA) is 24.5 Å². The Kier molecular flexibility index (Phi) is 2.59. The molecule has 0 saturated heterocycles. The Morgan fingerprint density at radius 1 is 1.43 bits per heavy atom. The Labute approximate surface area is 84.7 Å². The number of fused-ring (bicyclic) bond motifs is 1. The van der Waals surface area contributed by atoms with Gasteiger partial charge in [-0.25, -0.2) is 0 Å². The average molecular weight is 192 g/mol. The standard InChI is InChI=1S/C11H16N2O/c1-13(2)8-9-4-3-5-10-11(9)14-7-6-12-10/h3-5,12H,6-8H2,1-2H3. The summed E-state index contributed by atoms with van der Waals surface area (Å²) < 4.78 is 5.67. The summed E-state index contributed by atoms with van der Waals surface area (Å²) in [5.41, 5.74) is 2.37. The number of para-hydroxylation sites is 1. The fourth-order valence-electron chi connectivity index (χ4n) is 1.70. The van der Waals surface area contributed by atoms with Gasteiger partial charge in [0.1, 0.15) is 12.4 Å². The van der Waals surface area contributed by atoms with E-state index in [0.717, 1.165) is 31.1 Å². The molecule has 1 heterocycles. The second kappa shape index (κ2) is 3.88. The van der Waals surface area contributed by atoms with Gasteiger partial charge in [-0.3, -0.25) is 0 Å². The highest BCUT2D eigenvalue weighted by Gasteiger charge is 2.13. The summed E-state index contributed by atoms with van der Waals surface area (Å²) in [4.78, 5) is 2.15. The lowest BCUT2D eigenvalue weighted by Crippen LogP contribution is -2.20. The molecule has 0 bridgehead atoms. The maximum Gasteiger partial charge on any atom is 0.146 e. The van der Waals surface area contributed by atoms with Crippen molar-refractivity contribution in [2.24, 2.45) is 0 Å². The maximum absolute atomic E-state index is 5.67. The number of benzene rings is 1. The van der Waals surface area contributed by atoms with Gasteiger partial charge in [0, 0.05) is 18.7 Å². The summed E-state index contributed by atoms with van der Waals surface area (Å²) in [7, 11) is 4.13. The zero-order chi connectivity index (χ0) is 9.97. The number of rotatable bonds is 2. The molecule has 0 unspecified atom stereocenters. The van der Waals surface area contributed by atoms with Gasteiger partial charge < -0.3 is 15.0 Å². The lowest BCUT2D eigenvalue weighted by Gasteiger charge is -2.22. The first-order valence-corrected chi connectivity index (χ1v) is 4.90. The molecule has 1 aromatic carbocycles. The lowest BCUT2D eigenvalue weighted by molar-refractivity contribution is 0.310. The maximum atomic E-state index is 5.67. The van der Waals surface area contributed by atoms with Gasteiger partial charge >= 0.3 is 0 Å². The Bertz CT molecular complexity index is 323. The predicted molar refractivity (Wildman–Crippen MR) is 57.8 cm³/mol. The summed E-state index contributed by atoms with van der Waals surface area (Å²) >= 11 is 0. The van der Waals surface area contributed by atoms with Gasteiger partial charge in [-0.15, -0.1) is 0 Å². The van der Waals surface area contributed by atoms with Crippen LogP contribution in [0.15, 0.2) is 18.2 Å². The number of nitrogens with zero attached hydrogens (tertiary/aromatic N) is 1. The van der Waals surface area contributed by atoms with Gasteiger partial charge in [-0.1, -0.05) is 12.1 Å². The highest BCUT2D eigenvalue weighted by Crippen LogP contribution is 2.31. The molecule has 14 heavy (non-hydrogen) atoms. The third-order valence-corrected chi connectivity index (χ3v) is 2.25. The van der Waals surface area contributed by atoms with E-state index in [1.54, 1.807) is 0 Å². The van der Waals surface area contributed by atoms with Crippen molar-refractivity contribution in [1.82, 2.24) is 4.90 Å². The molecule has 0 amide bonds. The molecule has 76 valence electrons. The van der Waals surface area contributed by atoms with E-state index in [-0.39, 0.29) is 0 Å². The molecule has 0 saturated carbocycles. The highest BCUT2D eigenvalue weighted by atomic mass is 16.5. The molecule has 1 aliphatic heterocycles. The highest BCUT2D eigenvalue weighted by molar-refractivity contribution is 5.61. The van der Waals surface area contributed by atoms with Crippen LogP contribution in [0.4, 0.5) is 5.69 Å². The van der Waals surface area contributed by atoms with Crippen molar-refractivity contribution >= 4 is 5.69 Å². The Hall–Kier alpha value is -1.22. The minimum atomic E-state index is 0.761. The molecule has 0 atom stereocenters.